The van der Waals surface area contributed by atoms with Crippen molar-refractivity contribution < 1.29 is 13.5 Å². The fourth-order valence-electron chi connectivity index (χ4n) is 5.01. The Morgan fingerprint density at radius 2 is 1.66 bits per heavy atom. The third kappa shape index (κ3) is 3.75. The topological polar surface area (TPSA) is 22.1 Å². The van der Waals surface area contributed by atoms with E-state index in [1.54, 1.807) is 7.11 Å². The van der Waals surface area contributed by atoms with E-state index in [1.165, 1.54) is 17.2 Å². The van der Waals surface area contributed by atoms with Crippen molar-refractivity contribution in [2.24, 2.45) is 0 Å². The third-order valence-corrected chi connectivity index (χ3v) is 7.22. The van der Waals surface area contributed by atoms with Gasteiger partial charge in [-0.15, -0.1) is 0 Å². The number of hydrogen-bond donors (Lipinski definition) is 0. The lowest BCUT2D eigenvalue weighted by atomic mass is 9.71. The SMILES string of the molecule is CCCCC1(CCCC)c2ccc(-c3cc(Br)c(F)cc3F)nc2-c2c(OC)cccc21. The van der Waals surface area contributed by atoms with Gasteiger partial charge in [-0.1, -0.05) is 57.7 Å². The zero-order valence-corrected chi connectivity index (χ0v) is 20.4. The summed E-state index contributed by atoms with van der Waals surface area (Å²) >= 11 is 3.17. The molecule has 1 heterocycles. The van der Waals surface area contributed by atoms with E-state index in [4.69, 9.17) is 9.72 Å². The number of fused-ring (bicyclic) bond motifs is 3. The van der Waals surface area contributed by atoms with Crippen LogP contribution in [0, 0.1) is 11.6 Å². The van der Waals surface area contributed by atoms with Gasteiger partial charge in [-0.2, -0.15) is 0 Å². The highest BCUT2D eigenvalue weighted by Crippen LogP contribution is 2.56. The second-order valence-electron chi connectivity index (χ2n) is 8.51. The second-order valence-corrected chi connectivity index (χ2v) is 9.37. The minimum atomic E-state index is -0.627. The van der Waals surface area contributed by atoms with E-state index in [2.05, 4.69) is 41.9 Å². The van der Waals surface area contributed by atoms with Crippen molar-refractivity contribution in [2.75, 3.05) is 7.11 Å². The molecule has 1 aliphatic carbocycles. The van der Waals surface area contributed by atoms with Gasteiger partial charge in [0.05, 0.1) is 23.0 Å². The number of methoxy groups -OCH3 is 1. The monoisotopic (exact) mass is 499 g/mol. The smallest absolute Gasteiger partial charge is 0.140 e. The van der Waals surface area contributed by atoms with Crippen molar-refractivity contribution in [3.05, 3.63) is 69.7 Å². The summed E-state index contributed by atoms with van der Waals surface area (Å²) in [6.07, 6.45) is 6.52. The first-order valence-electron chi connectivity index (χ1n) is 11.3. The lowest BCUT2D eigenvalue weighted by Crippen LogP contribution is -2.25. The highest BCUT2D eigenvalue weighted by molar-refractivity contribution is 9.10. The summed E-state index contributed by atoms with van der Waals surface area (Å²) in [6.45, 7) is 4.43. The maximum absolute atomic E-state index is 14.7. The molecule has 0 unspecified atom stereocenters. The van der Waals surface area contributed by atoms with Crippen LogP contribution in [0.1, 0.15) is 63.5 Å². The Morgan fingerprint density at radius 3 is 2.31 bits per heavy atom. The summed E-state index contributed by atoms with van der Waals surface area (Å²) in [5.74, 6) is -0.471. The minimum Gasteiger partial charge on any atom is -0.496 e. The predicted octanol–water partition coefficient (Wildman–Crippen LogP) is 8.44. The van der Waals surface area contributed by atoms with Crippen LogP contribution in [-0.2, 0) is 5.41 Å². The van der Waals surface area contributed by atoms with Gasteiger partial charge in [0.1, 0.15) is 17.4 Å². The first-order chi connectivity index (χ1) is 15.5. The normalized spacial score (nSPS) is 13.7. The van der Waals surface area contributed by atoms with Crippen LogP contribution in [0.3, 0.4) is 0 Å². The molecule has 0 fully saturated rings. The largest absolute Gasteiger partial charge is 0.496 e. The van der Waals surface area contributed by atoms with Gasteiger partial charge in [-0.05, 0) is 58.1 Å². The Bertz CT molecular complexity index is 1140. The zero-order valence-electron chi connectivity index (χ0n) is 18.8. The number of benzene rings is 2. The van der Waals surface area contributed by atoms with Gasteiger partial charge in [0.15, 0.2) is 0 Å². The molecule has 0 atom stereocenters. The first kappa shape index (κ1) is 22.9. The molecule has 0 N–H and O–H groups in total. The molecule has 0 spiro atoms. The lowest BCUT2D eigenvalue weighted by Gasteiger charge is -2.32. The molecule has 4 rings (SSSR count). The Balaban J connectivity index is 1.97. The standard InChI is InChI=1S/C27H28BrF2NO/c1-4-6-13-27(14-7-5-2)18-9-8-10-24(32-3)25(18)26-19(27)11-12-23(31-26)17-15-20(28)22(30)16-21(17)29/h8-12,15-16H,4-7,13-14H2,1-3H3. The molecule has 2 nitrogen and oxygen atoms in total. The van der Waals surface area contributed by atoms with Gasteiger partial charge in [0.25, 0.3) is 0 Å². The Labute approximate surface area is 197 Å². The quantitative estimate of drug-likeness (QED) is 0.290. The average molecular weight is 500 g/mol. The molecule has 168 valence electrons. The number of ether oxygens (including phenoxy) is 1. The van der Waals surface area contributed by atoms with Gasteiger partial charge < -0.3 is 4.74 Å². The summed E-state index contributed by atoms with van der Waals surface area (Å²) in [7, 11) is 1.67. The fraction of sp³-hybridized carbons (Fsp3) is 0.370. The van der Waals surface area contributed by atoms with E-state index < -0.39 is 11.6 Å². The maximum Gasteiger partial charge on any atom is 0.140 e. The van der Waals surface area contributed by atoms with Crippen molar-refractivity contribution in [3.63, 3.8) is 0 Å². The molecule has 0 radical (unpaired) electrons. The van der Waals surface area contributed by atoms with Gasteiger partial charge >= 0.3 is 0 Å². The van der Waals surface area contributed by atoms with Crippen molar-refractivity contribution in [2.45, 2.75) is 57.8 Å². The molecule has 1 aromatic heterocycles. The number of hydrogen-bond acceptors (Lipinski definition) is 2. The number of halogens is 3. The molecule has 0 saturated heterocycles. The Hall–Kier alpha value is -2.27. The molecule has 0 amide bonds. The van der Waals surface area contributed by atoms with Crippen LogP contribution in [0.25, 0.3) is 22.5 Å². The molecule has 5 heteroatoms. The lowest BCUT2D eigenvalue weighted by molar-refractivity contribution is 0.405. The van der Waals surface area contributed by atoms with Crippen LogP contribution in [0.5, 0.6) is 5.75 Å². The van der Waals surface area contributed by atoms with Crippen LogP contribution < -0.4 is 4.74 Å². The van der Waals surface area contributed by atoms with E-state index in [0.29, 0.717) is 5.69 Å². The van der Waals surface area contributed by atoms with Crippen molar-refractivity contribution in [3.8, 4) is 28.3 Å². The van der Waals surface area contributed by atoms with E-state index in [1.807, 2.05) is 18.2 Å². The Kier molecular flexibility index (Phi) is 6.66. The van der Waals surface area contributed by atoms with Gasteiger partial charge in [0.2, 0.25) is 0 Å². The number of nitrogens with zero attached hydrogens (tertiary/aromatic N) is 1. The van der Waals surface area contributed by atoms with Gasteiger partial charge in [-0.3, -0.25) is 0 Å². The number of rotatable bonds is 8. The molecule has 2 aromatic carbocycles. The van der Waals surface area contributed by atoms with Crippen LogP contribution in [0.2, 0.25) is 0 Å². The van der Waals surface area contributed by atoms with Crippen molar-refractivity contribution in [1.82, 2.24) is 4.98 Å². The van der Waals surface area contributed by atoms with E-state index >= 15 is 0 Å². The summed E-state index contributed by atoms with van der Waals surface area (Å²) in [6, 6.07) is 12.5. The average Bonchev–Trinajstić information content (AvgIpc) is 3.08. The minimum absolute atomic E-state index is 0.126. The summed E-state index contributed by atoms with van der Waals surface area (Å²) in [4.78, 5) is 4.95. The number of pyridine rings is 1. The van der Waals surface area contributed by atoms with Crippen LogP contribution in [0.15, 0.2) is 46.9 Å². The molecule has 1 aliphatic rings. The van der Waals surface area contributed by atoms with Gasteiger partial charge in [0, 0.05) is 22.6 Å². The highest BCUT2D eigenvalue weighted by Gasteiger charge is 2.44. The van der Waals surface area contributed by atoms with Crippen molar-refractivity contribution >= 4 is 15.9 Å². The fourth-order valence-corrected chi connectivity index (χ4v) is 5.36. The molecule has 3 aromatic rings. The van der Waals surface area contributed by atoms with Crippen molar-refractivity contribution in [1.29, 1.82) is 0 Å². The number of aromatic nitrogens is 1. The molecule has 0 aliphatic heterocycles. The third-order valence-electron chi connectivity index (χ3n) is 6.61. The highest BCUT2D eigenvalue weighted by atomic mass is 79.9. The van der Waals surface area contributed by atoms with Crippen LogP contribution >= 0.6 is 15.9 Å². The summed E-state index contributed by atoms with van der Waals surface area (Å²) in [5.41, 5.74) is 4.92. The van der Waals surface area contributed by atoms with E-state index in [9.17, 15) is 8.78 Å². The zero-order chi connectivity index (χ0) is 22.9. The van der Waals surface area contributed by atoms with E-state index in [0.717, 1.165) is 61.6 Å². The van der Waals surface area contributed by atoms with E-state index in [-0.39, 0.29) is 15.5 Å². The predicted molar refractivity (Wildman–Crippen MR) is 129 cm³/mol. The summed E-state index contributed by atoms with van der Waals surface area (Å²) < 4.78 is 34.4. The first-order valence-corrected chi connectivity index (χ1v) is 12.1. The molecule has 0 bridgehead atoms. The summed E-state index contributed by atoms with van der Waals surface area (Å²) in [5, 5.41) is 0. The maximum atomic E-state index is 14.7. The molecular weight excluding hydrogens is 472 g/mol. The molecular formula is C27H28BrF2NO. The molecule has 32 heavy (non-hydrogen) atoms. The van der Waals surface area contributed by atoms with Gasteiger partial charge in [-0.25, -0.2) is 13.8 Å². The second kappa shape index (κ2) is 9.30. The Morgan fingerprint density at radius 1 is 0.938 bits per heavy atom. The van der Waals surface area contributed by atoms with Crippen LogP contribution in [0.4, 0.5) is 8.78 Å². The van der Waals surface area contributed by atoms with Crippen LogP contribution in [-0.4, -0.2) is 12.1 Å². The molecule has 0 saturated carbocycles. The number of unbranched alkanes of at least 4 members (excludes halogenated alkanes) is 2.